The highest BCUT2D eigenvalue weighted by molar-refractivity contribution is 6.35. The second-order valence-electron chi connectivity index (χ2n) is 12.6. The minimum atomic E-state index is -0.908. The normalized spacial score (nSPS) is 18.3. The molecule has 7 rings (SSSR count). The molecule has 1 unspecified atom stereocenters. The zero-order valence-corrected chi connectivity index (χ0v) is 30.4. The summed E-state index contributed by atoms with van der Waals surface area (Å²) < 4.78 is 44.2. The van der Waals surface area contributed by atoms with E-state index in [1.807, 2.05) is 0 Å². The molecule has 0 N–H and O–H groups in total. The Labute approximate surface area is 310 Å². The molecule has 2 atom stereocenters. The molecule has 3 fully saturated rings. The molecule has 2 bridgehead atoms. The van der Waals surface area contributed by atoms with Crippen LogP contribution in [0.2, 0.25) is 10.0 Å². The molecular formula is C38H38Cl2FN3O8. The van der Waals surface area contributed by atoms with E-state index in [-0.39, 0.29) is 52.0 Å². The number of anilines is 1. The first-order valence-electron chi connectivity index (χ1n) is 16.7. The number of carbonyl (C=O) groups is 2. The minimum absolute atomic E-state index is 0.0406. The van der Waals surface area contributed by atoms with E-state index in [2.05, 4.69) is 4.90 Å². The summed E-state index contributed by atoms with van der Waals surface area (Å²) in [6, 6.07) is 15.8. The Hall–Kier alpha value is -4.78. The number of pyridine rings is 1. The molecule has 11 nitrogen and oxygen atoms in total. The number of aromatic nitrogens is 1. The van der Waals surface area contributed by atoms with Gasteiger partial charge in [-0.1, -0.05) is 47.5 Å². The lowest BCUT2D eigenvalue weighted by molar-refractivity contribution is -0.605. The number of carbonyl (C=O) groups excluding carboxylic acids is 2. The van der Waals surface area contributed by atoms with E-state index >= 15 is 4.39 Å². The number of benzene rings is 3. The summed E-state index contributed by atoms with van der Waals surface area (Å²) in [6.07, 6.45) is 2.36. The van der Waals surface area contributed by atoms with Crippen LogP contribution in [0, 0.1) is 16.9 Å². The molecule has 0 aliphatic carbocycles. The highest BCUT2D eigenvalue weighted by Crippen LogP contribution is 2.37. The highest BCUT2D eigenvalue weighted by atomic mass is 35.5. The van der Waals surface area contributed by atoms with Crippen LogP contribution in [0.1, 0.15) is 46.0 Å². The molecular weight excluding hydrogens is 716 g/mol. The van der Waals surface area contributed by atoms with Gasteiger partial charge in [-0.2, -0.15) is 4.73 Å². The van der Waals surface area contributed by atoms with Crippen molar-refractivity contribution in [2.45, 2.75) is 38.0 Å². The highest BCUT2D eigenvalue weighted by Gasteiger charge is 2.38. The van der Waals surface area contributed by atoms with E-state index in [0.717, 1.165) is 25.9 Å². The molecule has 3 aromatic carbocycles. The molecule has 4 aromatic rings. The maximum atomic E-state index is 15.4. The Morgan fingerprint density at radius 1 is 0.942 bits per heavy atom. The number of hydrogen-bond acceptors (Lipinski definition) is 9. The summed E-state index contributed by atoms with van der Waals surface area (Å²) in [5, 5.41) is 12.1. The number of halogens is 3. The first kappa shape index (κ1) is 37.0. The molecule has 3 saturated heterocycles. The van der Waals surface area contributed by atoms with E-state index in [1.165, 1.54) is 50.8 Å². The number of hydrogen-bond donors (Lipinski definition) is 0. The van der Waals surface area contributed by atoms with E-state index in [9.17, 15) is 14.8 Å². The molecule has 0 spiro atoms. The Morgan fingerprint density at radius 2 is 1.62 bits per heavy atom. The minimum Gasteiger partial charge on any atom is -0.619 e. The fraction of sp³-hybridized carbons (Fsp3) is 0.342. The summed E-state index contributed by atoms with van der Waals surface area (Å²) >= 11 is 12.8. The van der Waals surface area contributed by atoms with Crippen LogP contribution in [-0.2, 0) is 22.4 Å². The van der Waals surface area contributed by atoms with Crippen molar-refractivity contribution in [1.82, 2.24) is 4.90 Å². The van der Waals surface area contributed by atoms with Gasteiger partial charge in [-0.15, -0.1) is 0 Å². The van der Waals surface area contributed by atoms with Crippen molar-refractivity contribution in [3.63, 3.8) is 0 Å². The van der Waals surface area contributed by atoms with Gasteiger partial charge in [-0.25, -0.2) is 14.0 Å². The predicted octanol–water partition coefficient (Wildman–Crippen LogP) is 7.17. The standard InChI is InChI=1S/C38H38Cl2FN3O8/c1-48-31-12-11-26(17-34(31)50-3)33(18-27-28(39)20-43(47)21-29(27)40)51-37(45)25-9-7-23(8-10-25)19-44(36-30(41)5-4-6-32(36)49-2)38(46)52-35-22-42-15-13-24(35)14-16-42/h4-12,17,20-21,24,33,35H,13-16,18-19,22H2,1-3H3/t33?,35-/m0/s1. The number of piperidine rings is 3. The van der Waals surface area contributed by atoms with Crippen LogP contribution in [0.3, 0.4) is 0 Å². The van der Waals surface area contributed by atoms with Crippen molar-refractivity contribution in [1.29, 1.82) is 0 Å². The zero-order chi connectivity index (χ0) is 36.9. The third kappa shape index (κ3) is 8.14. The van der Waals surface area contributed by atoms with Gasteiger partial charge in [0.1, 0.15) is 33.7 Å². The van der Waals surface area contributed by atoms with Gasteiger partial charge in [0.05, 0.1) is 33.4 Å². The van der Waals surface area contributed by atoms with Gasteiger partial charge in [0.2, 0.25) is 0 Å². The second-order valence-corrected chi connectivity index (χ2v) is 13.5. The number of nitrogens with zero attached hydrogens (tertiary/aromatic N) is 3. The number of rotatable bonds is 12. The second kappa shape index (κ2) is 16.3. The fourth-order valence-corrected chi connectivity index (χ4v) is 7.31. The molecule has 3 aliphatic rings. The Bertz CT molecular complexity index is 1900. The number of methoxy groups -OCH3 is 3. The maximum absolute atomic E-state index is 15.4. The lowest BCUT2D eigenvalue weighted by Gasteiger charge is -2.44. The molecule has 14 heteroatoms. The van der Waals surface area contributed by atoms with Crippen molar-refractivity contribution in [2.75, 3.05) is 45.9 Å². The SMILES string of the molecule is COc1ccc(C(Cc2c(Cl)c[n+]([O-])cc2Cl)OC(=O)c2ccc(CN(C(=O)O[C@H]3CN4CCC3CC4)c3c(F)cccc3OC)cc2)cc1OC. The van der Waals surface area contributed by atoms with Gasteiger partial charge < -0.3 is 28.9 Å². The maximum Gasteiger partial charge on any atom is 0.415 e. The number of fused-ring (bicyclic) bond motifs is 3. The molecule has 3 aliphatic heterocycles. The first-order valence-corrected chi connectivity index (χ1v) is 17.5. The summed E-state index contributed by atoms with van der Waals surface area (Å²) in [5.74, 6) is 0.0124. The molecule has 1 aromatic heterocycles. The molecule has 52 heavy (non-hydrogen) atoms. The summed E-state index contributed by atoms with van der Waals surface area (Å²) in [5.41, 5.74) is 1.73. The predicted molar refractivity (Wildman–Crippen MR) is 192 cm³/mol. The largest absolute Gasteiger partial charge is 0.619 e. The van der Waals surface area contributed by atoms with Gasteiger partial charge >= 0.3 is 12.1 Å². The Morgan fingerprint density at radius 3 is 2.23 bits per heavy atom. The average molecular weight is 755 g/mol. The Balaban J connectivity index is 1.25. The molecule has 274 valence electrons. The van der Waals surface area contributed by atoms with Crippen molar-refractivity contribution in [3.8, 4) is 17.2 Å². The van der Waals surface area contributed by atoms with Gasteiger partial charge in [-0.05, 0) is 79.4 Å². The summed E-state index contributed by atoms with van der Waals surface area (Å²) in [6.45, 7) is 2.53. The number of amides is 1. The zero-order valence-electron chi connectivity index (χ0n) is 28.9. The third-order valence-electron chi connectivity index (χ3n) is 9.51. The topological polar surface area (TPSA) is 114 Å². The van der Waals surface area contributed by atoms with E-state index in [0.29, 0.717) is 39.5 Å². The summed E-state index contributed by atoms with van der Waals surface area (Å²) in [7, 11) is 4.40. The van der Waals surface area contributed by atoms with Crippen molar-refractivity contribution >= 4 is 41.0 Å². The number of para-hydroxylation sites is 1. The lowest BCUT2D eigenvalue weighted by Crippen LogP contribution is -2.53. The van der Waals surface area contributed by atoms with Gasteiger partial charge in [0, 0.05) is 18.5 Å². The van der Waals surface area contributed by atoms with Gasteiger partial charge in [0.25, 0.3) is 0 Å². The van der Waals surface area contributed by atoms with Gasteiger partial charge in [0.15, 0.2) is 29.7 Å². The van der Waals surface area contributed by atoms with Crippen LogP contribution in [0.25, 0.3) is 0 Å². The quantitative estimate of drug-likeness (QED) is 0.0844. The first-order chi connectivity index (χ1) is 25.1. The number of esters is 1. The van der Waals surface area contributed by atoms with Crippen LogP contribution in [0.4, 0.5) is 14.9 Å². The monoisotopic (exact) mass is 753 g/mol. The van der Waals surface area contributed by atoms with E-state index < -0.39 is 24.0 Å². The summed E-state index contributed by atoms with van der Waals surface area (Å²) in [4.78, 5) is 30.9. The lowest BCUT2D eigenvalue weighted by atomic mass is 9.86. The smallest absolute Gasteiger partial charge is 0.415 e. The third-order valence-corrected chi connectivity index (χ3v) is 10.2. The average Bonchev–Trinajstić information content (AvgIpc) is 3.15. The van der Waals surface area contributed by atoms with E-state index in [4.69, 9.17) is 46.9 Å². The Kier molecular flexibility index (Phi) is 11.6. The molecule has 0 saturated carbocycles. The molecule has 4 heterocycles. The number of ether oxygens (including phenoxy) is 5. The van der Waals surface area contributed by atoms with Crippen LogP contribution in [-0.4, -0.2) is 64.0 Å². The van der Waals surface area contributed by atoms with Crippen molar-refractivity contribution in [3.05, 3.63) is 116 Å². The van der Waals surface area contributed by atoms with Crippen LogP contribution < -0.4 is 23.8 Å². The fourth-order valence-electron chi connectivity index (χ4n) is 6.71. The van der Waals surface area contributed by atoms with Gasteiger partial charge in [-0.3, -0.25) is 9.80 Å². The van der Waals surface area contributed by atoms with E-state index in [1.54, 1.807) is 48.5 Å². The molecule has 0 radical (unpaired) electrons. The van der Waals surface area contributed by atoms with Crippen molar-refractivity contribution < 1.29 is 42.4 Å². The van der Waals surface area contributed by atoms with Crippen LogP contribution in [0.15, 0.2) is 73.1 Å². The van der Waals surface area contributed by atoms with Crippen LogP contribution >= 0.6 is 23.2 Å². The van der Waals surface area contributed by atoms with Crippen molar-refractivity contribution in [2.24, 2.45) is 5.92 Å². The van der Waals surface area contributed by atoms with Crippen LogP contribution in [0.5, 0.6) is 17.2 Å². The molecule has 1 amide bonds.